The Bertz CT molecular complexity index is 953. The minimum absolute atomic E-state index is 0.202. The van der Waals surface area contributed by atoms with Crippen LogP contribution in [0.15, 0.2) is 78.6 Å². The Kier molecular flexibility index (Phi) is 5.64. The van der Waals surface area contributed by atoms with E-state index < -0.39 is 0 Å². The van der Waals surface area contributed by atoms with Crippen molar-refractivity contribution in [3.05, 3.63) is 84.7 Å². The lowest BCUT2D eigenvalue weighted by atomic mass is 10.1. The highest BCUT2D eigenvalue weighted by Gasteiger charge is 2.19. The van der Waals surface area contributed by atoms with Gasteiger partial charge in [-0.1, -0.05) is 25.3 Å². The van der Waals surface area contributed by atoms with E-state index >= 15 is 0 Å². The molecule has 1 aliphatic rings. The largest absolute Gasteiger partial charge is 0.378 e. The molecule has 7 nitrogen and oxygen atoms in total. The van der Waals surface area contributed by atoms with Gasteiger partial charge < -0.3 is 14.7 Å². The molecule has 1 amide bonds. The second kappa shape index (κ2) is 8.30. The van der Waals surface area contributed by atoms with Gasteiger partial charge in [0.05, 0.1) is 12.4 Å². The molecule has 0 radical (unpaired) electrons. The zero-order chi connectivity index (χ0) is 20.1. The van der Waals surface area contributed by atoms with Crippen LogP contribution in [0, 0.1) is 0 Å². The van der Waals surface area contributed by atoms with Crippen molar-refractivity contribution in [1.29, 1.82) is 0 Å². The number of nitrogens with zero attached hydrogens (tertiary/aromatic N) is 3. The monoisotopic (exact) mass is 377 g/mol. The van der Waals surface area contributed by atoms with Crippen molar-refractivity contribution in [1.82, 2.24) is 20.4 Å². The van der Waals surface area contributed by atoms with E-state index in [-0.39, 0.29) is 5.91 Å². The third-order valence-corrected chi connectivity index (χ3v) is 3.97. The predicted octanol–water partition coefficient (Wildman–Crippen LogP) is 3.13. The van der Waals surface area contributed by atoms with Gasteiger partial charge in [0, 0.05) is 41.8 Å². The van der Waals surface area contributed by atoms with Gasteiger partial charge in [0.25, 0.3) is 0 Å². The Hall–Kier alpha value is -3.74. The summed E-state index contributed by atoms with van der Waals surface area (Å²) >= 11 is 0. The lowest BCUT2D eigenvalue weighted by Gasteiger charge is -2.16. The maximum absolute atomic E-state index is 10.9. The number of benzene rings is 1. The number of carbonyl (C=O) groups excluding carboxylic acids is 1. The molecule has 0 saturated carbocycles. The van der Waals surface area contributed by atoms with Crippen molar-refractivity contribution < 1.29 is 9.63 Å². The van der Waals surface area contributed by atoms with Crippen LogP contribution >= 0.6 is 0 Å². The van der Waals surface area contributed by atoms with Crippen LogP contribution in [-0.2, 0) is 9.63 Å². The fourth-order valence-corrected chi connectivity index (χ4v) is 2.62. The molecule has 2 aromatic rings. The van der Waals surface area contributed by atoms with Gasteiger partial charge in [-0.15, -0.1) is 0 Å². The average Bonchev–Trinajstić information content (AvgIpc) is 3.26. The fourth-order valence-electron chi connectivity index (χ4n) is 2.62. The van der Waals surface area contributed by atoms with Gasteiger partial charge in [0.1, 0.15) is 6.67 Å². The maximum Gasteiger partial charge on any atom is 0.236 e. The van der Waals surface area contributed by atoms with Crippen molar-refractivity contribution in [2.45, 2.75) is 13.8 Å². The standard InChI is InChI=1S/C21H23N5O2/c1-15(2)22-14-26-13-21(16(3)28-26)19-5-7-20(8-6-19)25-10-9-18(12-25)11-23-24-17(4)27/h5-13,22H,1,3,14H2,2,4H3,(H,24,27)/b23-11+. The minimum atomic E-state index is -0.202. The third kappa shape index (κ3) is 4.70. The molecule has 144 valence electrons. The number of rotatable bonds is 7. The summed E-state index contributed by atoms with van der Waals surface area (Å²) in [7, 11) is 0. The minimum Gasteiger partial charge on any atom is -0.378 e. The highest BCUT2D eigenvalue weighted by atomic mass is 16.7. The first-order valence-electron chi connectivity index (χ1n) is 8.76. The van der Waals surface area contributed by atoms with Crippen LogP contribution < -0.4 is 10.7 Å². The number of hydrogen-bond acceptors (Lipinski definition) is 5. The molecule has 1 aliphatic heterocycles. The van der Waals surface area contributed by atoms with Gasteiger partial charge in [-0.2, -0.15) is 10.2 Å². The average molecular weight is 377 g/mol. The lowest BCUT2D eigenvalue weighted by Crippen LogP contribution is -2.26. The summed E-state index contributed by atoms with van der Waals surface area (Å²) in [4.78, 5) is 16.5. The first-order chi connectivity index (χ1) is 13.4. The summed E-state index contributed by atoms with van der Waals surface area (Å²) in [5.74, 6) is 0.403. The van der Waals surface area contributed by atoms with Crippen LogP contribution in [0.25, 0.3) is 11.3 Å². The van der Waals surface area contributed by atoms with Crippen LogP contribution in [-0.4, -0.2) is 28.4 Å². The Labute approximate surface area is 164 Å². The van der Waals surface area contributed by atoms with Gasteiger partial charge in [-0.3, -0.25) is 4.79 Å². The molecule has 0 unspecified atom stereocenters. The summed E-state index contributed by atoms with van der Waals surface area (Å²) in [6.45, 7) is 11.6. The second-order valence-electron chi connectivity index (χ2n) is 6.41. The Morgan fingerprint density at radius 2 is 2.00 bits per heavy atom. The smallest absolute Gasteiger partial charge is 0.236 e. The molecule has 28 heavy (non-hydrogen) atoms. The molecule has 0 bridgehead atoms. The number of hydrazone groups is 1. The molecule has 2 N–H and O–H groups in total. The summed E-state index contributed by atoms with van der Waals surface area (Å²) in [5.41, 5.74) is 7.11. The summed E-state index contributed by atoms with van der Waals surface area (Å²) in [5, 5.41) is 8.68. The van der Waals surface area contributed by atoms with E-state index in [1.54, 1.807) is 11.3 Å². The SMILES string of the molecule is C=C(C)NCN1C=C(c2ccc(-n3ccc(/C=N/NC(C)=O)c3)cc2)C(=C)O1. The van der Waals surface area contributed by atoms with Gasteiger partial charge >= 0.3 is 0 Å². The highest BCUT2D eigenvalue weighted by molar-refractivity contribution is 5.81. The van der Waals surface area contributed by atoms with Gasteiger partial charge in [-0.05, 0) is 30.7 Å². The van der Waals surface area contributed by atoms with E-state index in [0.29, 0.717) is 12.4 Å². The van der Waals surface area contributed by atoms with Crippen molar-refractivity contribution in [3.8, 4) is 5.69 Å². The quantitative estimate of drug-likeness (QED) is 0.574. The van der Waals surface area contributed by atoms with E-state index in [0.717, 1.165) is 28.1 Å². The van der Waals surface area contributed by atoms with Crippen LogP contribution in [0.1, 0.15) is 25.0 Å². The molecule has 0 spiro atoms. The molecule has 1 aromatic heterocycles. The Balaban J connectivity index is 1.70. The van der Waals surface area contributed by atoms with Gasteiger partial charge in [-0.25, -0.2) is 5.43 Å². The number of nitrogens with one attached hydrogen (secondary N) is 2. The fraction of sp³-hybridized carbons (Fsp3) is 0.143. The molecular formula is C21H23N5O2. The first kappa shape index (κ1) is 19.0. The van der Waals surface area contributed by atoms with E-state index in [9.17, 15) is 4.79 Å². The maximum atomic E-state index is 10.9. The number of aromatic nitrogens is 1. The number of amides is 1. The molecule has 0 saturated heterocycles. The first-order valence-corrected chi connectivity index (χ1v) is 8.76. The highest BCUT2D eigenvalue weighted by Crippen LogP contribution is 2.30. The summed E-state index contributed by atoms with van der Waals surface area (Å²) in [6, 6.07) is 10.0. The molecule has 7 heteroatoms. The van der Waals surface area contributed by atoms with Gasteiger partial charge in [0.15, 0.2) is 5.76 Å². The number of allylic oxidation sites excluding steroid dienone is 2. The molecule has 0 atom stereocenters. The summed E-state index contributed by atoms with van der Waals surface area (Å²) in [6.07, 6.45) is 7.39. The summed E-state index contributed by atoms with van der Waals surface area (Å²) < 4.78 is 1.98. The zero-order valence-corrected chi connectivity index (χ0v) is 16.0. The van der Waals surface area contributed by atoms with Crippen molar-refractivity contribution >= 4 is 17.7 Å². The van der Waals surface area contributed by atoms with E-state index in [1.165, 1.54) is 6.92 Å². The second-order valence-corrected chi connectivity index (χ2v) is 6.41. The molecule has 0 fully saturated rings. The Morgan fingerprint density at radius 3 is 2.68 bits per heavy atom. The van der Waals surface area contributed by atoms with Crippen molar-refractivity contribution in [3.63, 3.8) is 0 Å². The molecule has 2 heterocycles. The number of hydrogen-bond donors (Lipinski definition) is 2. The lowest BCUT2D eigenvalue weighted by molar-refractivity contribution is -0.118. The molecule has 3 rings (SSSR count). The predicted molar refractivity (Wildman–Crippen MR) is 110 cm³/mol. The van der Waals surface area contributed by atoms with Crippen molar-refractivity contribution in [2.75, 3.05) is 6.67 Å². The number of hydroxylamine groups is 2. The van der Waals surface area contributed by atoms with Crippen LogP contribution in [0.2, 0.25) is 0 Å². The van der Waals surface area contributed by atoms with E-state index in [1.807, 2.05) is 60.4 Å². The van der Waals surface area contributed by atoms with Crippen LogP contribution in [0.4, 0.5) is 0 Å². The van der Waals surface area contributed by atoms with Gasteiger partial charge in [0.2, 0.25) is 5.91 Å². The molecular weight excluding hydrogens is 354 g/mol. The van der Waals surface area contributed by atoms with E-state index in [4.69, 9.17) is 4.84 Å². The zero-order valence-electron chi connectivity index (χ0n) is 16.0. The number of carbonyl (C=O) groups is 1. The van der Waals surface area contributed by atoms with Crippen LogP contribution in [0.5, 0.6) is 0 Å². The Morgan fingerprint density at radius 1 is 1.25 bits per heavy atom. The van der Waals surface area contributed by atoms with E-state index in [2.05, 4.69) is 29.0 Å². The third-order valence-electron chi connectivity index (χ3n) is 3.97. The molecule has 1 aromatic carbocycles. The topological polar surface area (TPSA) is 70.9 Å². The normalized spacial score (nSPS) is 13.4. The molecule has 0 aliphatic carbocycles. The van der Waals surface area contributed by atoms with Crippen LogP contribution in [0.3, 0.4) is 0 Å². The van der Waals surface area contributed by atoms with Crippen molar-refractivity contribution in [2.24, 2.45) is 5.10 Å².